The van der Waals surface area contributed by atoms with Crippen LogP contribution in [0.4, 0.5) is 0 Å². The molecule has 0 aromatic heterocycles. The van der Waals surface area contributed by atoms with E-state index in [1.54, 1.807) is 0 Å². The normalized spacial score (nSPS) is 21.4. The molecule has 2 unspecified atom stereocenters. The monoisotopic (exact) mass is 416 g/mol. The highest BCUT2D eigenvalue weighted by Gasteiger charge is 2.34. The maximum absolute atomic E-state index is 13.2. The summed E-state index contributed by atoms with van der Waals surface area (Å²) >= 11 is 0. The summed E-state index contributed by atoms with van der Waals surface area (Å²) in [6, 6.07) is 15.6. The maximum Gasteiger partial charge on any atom is 0.253 e. The van der Waals surface area contributed by atoms with E-state index in [1.165, 1.54) is 29.6 Å². The van der Waals surface area contributed by atoms with Crippen LogP contribution in [0.2, 0.25) is 0 Å². The van der Waals surface area contributed by atoms with Gasteiger partial charge in [-0.3, -0.25) is 4.79 Å². The topological polar surface area (TPSA) is 41.6 Å². The molecule has 2 aromatic carbocycles. The number of hydrogen-bond donors (Lipinski definition) is 1. The van der Waals surface area contributed by atoms with Gasteiger partial charge in [0.15, 0.2) is 0 Å². The van der Waals surface area contributed by atoms with Crippen molar-refractivity contribution in [1.82, 2.24) is 10.2 Å². The summed E-state index contributed by atoms with van der Waals surface area (Å²) in [6.07, 6.45) is 6.66. The highest BCUT2D eigenvalue weighted by Crippen LogP contribution is 2.48. The predicted molar refractivity (Wildman–Crippen MR) is 125 cm³/mol. The second kappa shape index (κ2) is 8.51. The van der Waals surface area contributed by atoms with Crippen LogP contribution in [0.25, 0.3) is 5.57 Å². The number of amides is 1. The number of carbonyl (C=O) groups excluding carboxylic acids is 1. The number of hydrogen-bond acceptors (Lipinski definition) is 3. The number of fused-ring (bicyclic) bond motifs is 4. The SMILES string of the molecule is CCCN(CCC)C(=O)c1ccc2c(c1)Oc1ccccc1C2=C1CC2CCC(C1)N2. The average molecular weight is 417 g/mol. The molecule has 3 heterocycles. The molecule has 3 aliphatic heterocycles. The molecule has 4 nitrogen and oxygen atoms in total. The van der Waals surface area contributed by atoms with E-state index in [0.29, 0.717) is 12.1 Å². The van der Waals surface area contributed by atoms with Crippen molar-refractivity contribution in [1.29, 1.82) is 0 Å². The van der Waals surface area contributed by atoms with Gasteiger partial charge in [-0.1, -0.05) is 37.6 Å². The van der Waals surface area contributed by atoms with Crippen molar-refractivity contribution in [2.75, 3.05) is 13.1 Å². The fourth-order valence-corrected chi connectivity index (χ4v) is 5.50. The summed E-state index contributed by atoms with van der Waals surface area (Å²) in [7, 11) is 0. The molecule has 2 aromatic rings. The van der Waals surface area contributed by atoms with Crippen molar-refractivity contribution in [2.24, 2.45) is 0 Å². The Labute approximate surface area is 185 Å². The zero-order valence-corrected chi connectivity index (χ0v) is 18.6. The summed E-state index contributed by atoms with van der Waals surface area (Å²) in [5.74, 6) is 1.81. The maximum atomic E-state index is 13.2. The van der Waals surface area contributed by atoms with Crippen LogP contribution in [0.1, 0.15) is 73.9 Å². The van der Waals surface area contributed by atoms with E-state index in [4.69, 9.17) is 4.74 Å². The van der Waals surface area contributed by atoms with E-state index in [1.807, 2.05) is 29.2 Å². The van der Waals surface area contributed by atoms with Gasteiger partial charge in [-0.2, -0.15) is 0 Å². The Morgan fingerprint density at radius 1 is 0.968 bits per heavy atom. The van der Waals surface area contributed by atoms with Gasteiger partial charge < -0.3 is 15.0 Å². The number of rotatable bonds is 5. The van der Waals surface area contributed by atoms with E-state index < -0.39 is 0 Å². The Morgan fingerprint density at radius 3 is 2.35 bits per heavy atom. The molecule has 1 N–H and O–H groups in total. The van der Waals surface area contributed by atoms with Crippen molar-refractivity contribution in [2.45, 2.75) is 64.5 Å². The predicted octanol–water partition coefficient (Wildman–Crippen LogP) is 5.77. The van der Waals surface area contributed by atoms with Crippen LogP contribution in [-0.4, -0.2) is 36.0 Å². The molecule has 0 radical (unpaired) electrons. The molecule has 3 aliphatic rings. The molecule has 2 saturated heterocycles. The number of benzene rings is 2. The third kappa shape index (κ3) is 3.78. The van der Waals surface area contributed by atoms with Gasteiger partial charge in [-0.05, 0) is 68.4 Å². The third-order valence-corrected chi connectivity index (χ3v) is 6.82. The quantitative estimate of drug-likeness (QED) is 0.574. The number of carbonyl (C=O) groups is 1. The van der Waals surface area contributed by atoms with E-state index in [0.717, 1.165) is 61.4 Å². The first-order valence-corrected chi connectivity index (χ1v) is 11.9. The Morgan fingerprint density at radius 2 is 1.65 bits per heavy atom. The van der Waals surface area contributed by atoms with Crippen LogP contribution in [0, 0.1) is 0 Å². The van der Waals surface area contributed by atoms with Crippen molar-refractivity contribution in [3.63, 3.8) is 0 Å². The van der Waals surface area contributed by atoms with E-state index in [9.17, 15) is 4.79 Å². The van der Waals surface area contributed by atoms with Gasteiger partial charge in [0.05, 0.1) is 0 Å². The van der Waals surface area contributed by atoms with Gasteiger partial charge in [-0.15, -0.1) is 0 Å². The van der Waals surface area contributed by atoms with Gasteiger partial charge in [0.25, 0.3) is 5.91 Å². The number of nitrogens with zero attached hydrogens (tertiary/aromatic N) is 1. The minimum absolute atomic E-state index is 0.100. The molecule has 0 aliphatic carbocycles. The molecule has 0 saturated carbocycles. The highest BCUT2D eigenvalue weighted by molar-refractivity contribution is 5.97. The van der Waals surface area contributed by atoms with Crippen LogP contribution in [-0.2, 0) is 0 Å². The first kappa shape index (κ1) is 20.3. The lowest BCUT2D eigenvalue weighted by molar-refractivity contribution is 0.0755. The molecule has 4 heteroatoms. The smallest absolute Gasteiger partial charge is 0.253 e. The molecule has 162 valence electrons. The minimum atomic E-state index is 0.100. The van der Waals surface area contributed by atoms with E-state index in [-0.39, 0.29) is 5.91 Å². The summed E-state index contributed by atoms with van der Waals surface area (Å²) < 4.78 is 6.34. The molecular weight excluding hydrogens is 384 g/mol. The molecule has 2 fully saturated rings. The molecule has 5 rings (SSSR count). The average Bonchev–Trinajstić information content (AvgIpc) is 3.13. The van der Waals surface area contributed by atoms with Crippen LogP contribution >= 0.6 is 0 Å². The molecule has 2 atom stereocenters. The third-order valence-electron chi connectivity index (χ3n) is 6.82. The lowest BCUT2D eigenvalue weighted by Crippen LogP contribution is -2.35. The number of ether oxygens (including phenoxy) is 1. The zero-order chi connectivity index (χ0) is 21.4. The Balaban J connectivity index is 1.57. The summed E-state index contributed by atoms with van der Waals surface area (Å²) in [5.41, 5.74) is 5.89. The number of nitrogens with one attached hydrogen (secondary N) is 1. The fraction of sp³-hybridized carbons (Fsp3) is 0.444. The molecule has 2 bridgehead atoms. The Bertz CT molecular complexity index is 1010. The van der Waals surface area contributed by atoms with Gasteiger partial charge in [0.1, 0.15) is 11.5 Å². The number of piperidine rings is 1. The van der Waals surface area contributed by atoms with Gasteiger partial charge in [0.2, 0.25) is 0 Å². The second-order valence-electron chi connectivity index (χ2n) is 9.13. The standard InChI is InChI=1S/C27H32N2O2/c1-3-13-29(14-4-2)27(30)18-9-12-23-25(17-18)31-24-8-6-5-7-22(24)26(23)19-15-20-10-11-21(16-19)28-20/h5-9,12,17,20-21,28H,3-4,10-11,13-16H2,1-2H3. The van der Waals surface area contributed by atoms with Gasteiger partial charge in [-0.25, -0.2) is 0 Å². The number of para-hydroxylation sites is 1. The van der Waals surface area contributed by atoms with Crippen molar-refractivity contribution >= 4 is 11.5 Å². The molecule has 1 amide bonds. The van der Waals surface area contributed by atoms with Crippen LogP contribution in [0.3, 0.4) is 0 Å². The molecular formula is C27H32N2O2. The highest BCUT2D eigenvalue weighted by atomic mass is 16.5. The Hall–Kier alpha value is -2.59. The lowest BCUT2D eigenvalue weighted by Gasteiger charge is -2.31. The Kier molecular flexibility index (Phi) is 5.58. The van der Waals surface area contributed by atoms with Crippen LogP contribution in [0.5, 0.6) is 11.5 Å². The first-order chi connectivity index (χ1) is 15.2. The van der Waals surface area contributed by atoms with Crippen molar-refractivity contribution in [3.8, 4) is 11.5 Å². The van der Waals surface area contributed by atoms with E-state index >= 15 is 0 Å². The van der Waals surface area contributed by atoms with Crippen molar-refractivity contribution < 1.29 is 9.53 Å². The first-order valence-electron chi connectivity index (χ1n) is 11.9. The largest absolute Gasteiger partial charge is 0.456 e. The van der Waals surface area contributed by atoms with Gasteiger partial charge >= 0.3 is 0 Å². The summed E-state index contributed by atoms with van der Waals surface area (Å²) in [6.45, 7) is 5.82. The van der Waals surface area contributed by atoms with Crippen LogP contribution in [0.15, 0.2) is 48.0 Å². The van der Waals surface area contributed by atoms with E-state index in [2.05, 4.69) is 37.4 Å². The fourth-order valence-electron chi connectivity index (χ4n) is 5.50. The van der Waals surface area contributed by atoms with Crippen LogP contribution < -0.4 is 10.1 Å². The summed E-state index contributed by atoms with van der Waals surface area (Å²) in [5, 5.41) is 3.75. The molecule has 31 heavy (non-hydrogen) atoms. The lowest BCUT2D eigenvalue weighted by atomic mass is 9.84. The second-order valence-corrected chi connectivity index (χ2v) is 9.13. The molecule has 0 spiro atoms. The zero-order valence-electron chi connectivity index (χ0n) is 18.6. The van der Waals surface area contributed by atoms with Gasteiger partial charge in [0, 0.05) is 41.9 Å². The minimum Gasteiger partial charge on any atom is -0.456 e. The summed E-state index contributed by atoms with van der Waals surface area (Å²) in [4.78, 5) is 15.1. The van der Waals surface area contributed by atoms with Crippen molar-refractivity contribution in [3.05, 3.63) is 64.7 Å².